The highest BCUT2D eigenvalue weighted by Crippen LogP contribution is 2.31. The number of amides is 1. The fourth-order valence-corrected chi connectivity index (χ4v) is 2.28. The molecule has 0 bridgehead atoms. The van der Waals surface area contributed by atoms with Crippen LogP contribution in [0.4, 0.5) is 18.9 Å². The van der Waals surface area contributed by atoms with Crippen LogP contribution < -0.4 is 10.1 Å². The average Bonchev–Trinajstić information content (AvgIpc) is 2.86. The molecule has 1 aromatic carbocycles. The summed E-state index contributed by atoms with van der Waals surface area (Å²) in [5.74, 6) is -2.64. The zero-order valence-corrected chi connectivity index (χ0v) is 13.1. The maximum absolute atomic E-state index is 13.5. The van der Waals surface area contributed by atoms with Crippen LogP contribution in [0.25, 0.3) is 0 Å². The van der Waals surface area contributed by atoms with Crippen LogP contribution in [0.15, 0.2) is 29.5 Å². The molecular weight excluding hydrogens is 345 g/mol. The fraction of sp³-hybridized carbons (Fsp3) is 0.333. The van der Waals surface area contributed by atoms with Gasteiger partial charge in [-0.3, -0.25) is 4.79 Å². The smallest absolute Gasteiger partial charge is 0.387 e. The molecule has 1 heterocycles. The number of esters is 1. The van der Waals surface area contributed by atoms with Crippen LogP contribution in [0.3, 0.4) is 0 Å². The van der Waals surface area contributed by atoms with E-state index in [-0.39, 0.29) is 36.7 Å². The lowest BCUT2D eigenvalue weighted by molar-refractivity contribution is -0.136. The van der Waals surface area contributed by atoms with Crippen molar-refractivity contribution in [3.63, 3.8) is 0 Å². The number of methoxy groups -OCH3 is 1. The van der Waals surface area contributed by atoms with Crippen LogP contribution in [-0.4, -0.2) is 55.3 Å². The molecule has 1 aromatic rings. The Morgan fingerprint density at radius 2 is 2.16 bits per heavy atom. The Kier molecular flexibility index (Phi) is 5.86. The molecule has 10 heteroatoms. The number of halogens is 3. The molecule has 0 radical (unpaired) electrons. The van der Waals surface area contributed by atoms with Gasteiger partial charge in [0, 0.05) is 12.6 Å². The number of aliphatic hydroxyl groups excluding tert-OH is 1. The number of alkyl halides is 2. The number of nitrogens with zero attached hydrogens (tertiary/aromatic N) is 1. The minimum Gasteiger partial charge on any atom is -0.466 e. The molecule has 1 aliphatic rings. The number of ether oxygens (including phenoxy) is 2. The molecule has 0 saturated carbocycles. The number of hydrogen-bond acceptors (Lipinski definition) is 6. The highest BCUT2D eigenvalue weighted by Gasteiger charge is 2.35. The van der Waals surface area contributed by atoms with Gasteiger partial charge in [-0.15, -0.1) is 0 Å². The van der Waals surface area contributed by atoms with Gasteiger partial charge in [-0.25, -0.2) is 9.18 Å². The Balaban J connectivity index is 2.39. The van der Waals surface area contributed by atoms with Gasteiger partial charge in [0.05, 0.1) is 31.5 Å². The summed E-state index contributed by atoms with van der Waals surface area (Å²) >= 11 is 0. The van der Waals surface area contributed by atoms with E-state index in [1.165, 1.54) is 0 Å². The van der Waals surface area contributed by atoms with Crippen LogP contribution >= 0.6 is 0 Å². The van der Waals surface area contributed by atoms with Crippen LogP contribution in [0, 0.1) is 5.82 Å². The second-order valence-electron chi connectivity index (χ2n) is 4.94. The summed E-state index contributed by atoms with van der Waals surface area (Å²) in [6.07, 6.45) is 0. The highest BCUT2D eigenvalue weighted by molar-refractivity contribution is 6.08. The summed E-state index contributed by atoms with van der Waals surface area (Å²) in [4.78, 5) is 25.4. The molecule has 0 spiro atoms. The zero-order valence-electron chi connectivity index (χ0n) is 13.1. The van der Waals surface area contributed by atoms with Crippen molar-refractivity contribution in [1.82, 2.24) is 4.90 Å². The number of aliphatic hydroxyl groups is 1. The predicted molar refractivity (Wildman–Crippen MR) is 79.4 cm³/mol. The number of rotatable bonds is 7. The van der Waals surface area contributed by atoms with Crippen molar-refractivity contribution in [1.29, 1.82) is 0 Å². The third kappa shape index (κ3) is 4.21. The van der Waals surface area contributed by atoms with E-state index in [1.807, 2.05) is 0 Å². The molecule has 0 aliphatic carbocycles. The molecule has 2 rings (SSSR count). The first-order chi connectivity index (χ1) is 11.9. The normalized spacial score (nSPS) is 14.3. The SMILES string of the molecule is COC(=O)C1=C(Nc2cc(F)ccc2OC(F)F)C(=O)N(CCO)C1. The number of carbonyl (C=O) groups excluding carboxylic acids is 2. The van der Waals surface area contributed by atoms with Crippen molar-refractivity contribution >= 4 is 17.6 Å². The van der Waals surface area contributed by atoms with Crippen molar-refractivity contribution in [2.45, 2.75) is 6.61 Å². The van der Waals surface area contributed by atoms with Gasteiger partial charge in [0.2, 0.25) is 0 Å². The molecule has 0 atom stereocenters. The van der Waals surface area contributed by atoms with Crippen LogP contribution in [0.2, 0.25) is 0 Å². The molecule has 0 saturated heterocycles. The predicted octanol–water partition coefficient (Wildman–Crippen LogP) is 1.10. The second-order valence-corrected chi connectivity index (χ2v) is 4.94. The van der Waals surface area contributed by atoms with E-state index in [0.29, 0.717) is 0 Å². The van der Waals surface area contributed by atoms with E-state index in [0.717, 1.165) is 30.2 Å². The third-order valence-electron chi connectivity index (χ3n) is 3.37. The molecular formula is C15H15F3N2O5. The van der Waals surface area contributed by atoms with E-state index < -0.39 is 30.1 Å². The molecule has 2 N–H and O–H groups in total. The standard InChI is InChI=1S/C15H15F3N2O5/c1-24-14(23)9-7-20(4-5-21)13(22)12(9)19-10-6-8(16)2-3-11(10)25-15(17)18/h2-3,6,15,19,21H,4-5,7H2,1H3. The van der Waals surface area contributed by atoms with E-state index >= 15 is 0 Å². The van der Waals surface area contributed by atoms with Gasteiger partial charge in [0.15, 0.2) is 0 Å². The van der Waals surface area contributed by atoms with Gasteiger partial charge >= 0.3 is 12.6 Å². The summed E-state index contributed by atoms with van der Waals surface area (Å²) in [5.41, 5.74) is -0.589. The summed E-state index contributed by atoms with van der Waals surface area (Å²) < 4.78 is 47.3. The summed E-state index contributed by atoms with van der Waals surface area (Å²) in [5, 5.41) is 11.4. The molecule has 1 aliphatic heterocycles. The maximum Gasteiger partial charge on any atom is 0.387 e. The van der Waals surface area contributed by atoms with E-state index in [1.54, 1.807) is 0 Å². The molecule has 7 nitrogen and oxygen atoms in total. The third-order valence-corrected chi connectivity index (χ3v) is 3.37. The largest absolute Gasteiger partial charge is 0.466 e. The van der Waals surface area contributed by atoms with Gasteiger partial charge in [-0.05, 0) is 12.1 Å². The Bertz CT molecular complexity index is 708. The van der Waals surface area contributed by atoms with Gasteiger partial charge < -0.3 is 24.8 Å². The zero-order chi connectivity index (χ0) is 18.6. The first-order valence-electron chi connectivity index (χ1n) is 7.10. The van der Waals surface area contributed by atoms with Crippen molar-refractivity contribution in [2.24, 2.45) is 0 Å². The Labute approximate surface area is 140 Å². The number of hydrogen-bond donors (Lipinski definition) is 2. The van der Waals surface area contributed by atoms with Crippen molar-refractivity contribution in [3.8, 4) is 5.75 Å². The fourth-order valence-electron chi connectivity index (χ4n) is 2.28. The lowest BCUT2D eigenvalue weighted by Gasteiger charge is -2.16. The number of benzene rings is 1. The van der Waals surface area contributed by atoms with Crippen LogP contribution in [0.5, 0.6) is 5.75 Å². The van der Waals surface area contributed by atoms with Gasteiger partial charge in [-0.2, -0.15) is 8.78 Å². The lowest BCUT2D eigenvalue weighted by Crippen LogP contribution is -2.31. The Morgan fingerprint density at radius 3 is 2.76 bits per heavy atom. The van der Waals surface area contributed by atoms with Crippen LogP contribution in [-0.2, 0) is 14.3 Å². The first kappa shape index (κ1) is 18.6. The number of β-amino-alcohol motifs (C(OH)–C–C–N with tert-alkyl or cyclic N) is 1. The topological polar surface area (TPSA) is 88.1 Å². The second kappa shape index (κ2) is 7.88. The molecule has 0 unspecified atom stereocenters. The van der Waals surface area contributed by atoms with Crippen LogP contribution in [0.1, 0.15) is 0 Å². The van der Waals surface area contributed by atoms with Crippen molar-refractivity contribution in [3.05, 3.63) is 35.3 Å². The summed E-state index contributed by atoms with van der Waals surface area (Å²) in [6.45, 7) is -3.69. The van der Waals surface area contributed by atoms with E-state index in [9.17, 15) is 22.8 Å². The van der Waals surface area contributed by atoms with E-state index in [2.05, 4.69) is 14.8 Å². The quantitative estimate of drug-likeness (QED) is 0.708. The molecule has 25 heavy (non-hydrogen) atoms. The molecule has 136 valence electrons. The van der Waals surface area contributed by atoms with Gasteiger partial charge in [-0.1, -0.05) is 0 Å². The molecule has 0 aromatic heterocycles. The molecule has 1 amide bonds. The van der Waals surface area contributed by atoms with Crippen molar-refractivity contribution < 1.29 is 37.3 Å². The highest BCUT2D eigenvalue weighted by atomic mass is 19.3. The minimum atomic E-state index is -3.16. The Morgan fingerprint density at radius 1 is 1.44 bits per heavy atom. The first-order valence-corrected chi connectivity index (χ1v) is 7.10. The number of carbonyl (C=O) groups is 2. The van der Waals surface area contributed by atoms with Crippen molar-refractivity contribution in [2.75, 3.05) is 32.1 Å². The van der Waals surface area contributed by atoms with Gasteiger partial charge in [0.1, 0.15) is 17.3 Å². The Hall–Kier alpha value is -2.75. The number of anilines is 1. The van der Waals surface area contributed by atoms with Gasteiger partial charge in [0.25, 0.3) is 5.91 Å². The summed E-state index contributed by atoms with van der Waals surface area (Å²) in [7, 11) is 1.11. The summed E-state index contributed by atoms with van der Waals surface area (Å²) in [6, 6.07) is 2.72. The number of nitrogens with one attached hydrogen (secondary N) is 1. The lowest BCUT2D eigenvalue weighted by atomic mass is 10.2. The minimum absolute atomic E-state index is 0.0476. The molecule has 0 fully saturated rings. The maximum atomic E-state index is 13.5. The monoisotopic (exact) mass is 360 g/mol. The average molecular weight is 360 g/mol. The van der Waals surface area contributed by atoms with E-state index in [4.69, 9.17) is 5.11 Å².